The highest BCUT2D eigenvalue weighted by molar-refractivity contribution is 7.07. The van der Waals surface area contributed by atoms with E-state index in [-0.39, 0.29) is 6.79 Å². The monoisotopic (exact) mass is 382 g/mol. The van der Waals surface area contributed by atoms with Gasteiger partial charge in [0, 0.05) is 18.2 Å². The number of likely N-dealkylation sites (tertiary alicyclic amines) is 1. The fourth-order valence-corrected chi connectivity index (χ4v) is 4.60. The van der Waals surface area contributed by atoms with Crippen LogP contribution in [0.1, 0.15) is 43.0 Å². The van der Waals surface area contributed by atoms with Gasteiger partial charge in [-0.2, -0.15) is 11.3 Å². The smallest absolute Gasteiger partial charge is 0.231 e. The first-order valence-corrected chi connectivity index (χ1v) is 10.4. The van der Waals surface area contributed by atoms with Crippen LogP contribution in [0.5, 0.6) is 11.5 Å². The number of hydrogen-bond donors (Lipinski definition) is 0. The van der Waals surface area contributed by atoms with Crippen molar-refractivity contribution in [1.29, 1.82) is 0 Å². The van der Waals surface area contributed by atoms with E-state index in [1.165, 1.54) is 24.8 Å². The van der Waals surface area contributed by atoms with Crippen LogP contribution in [0.25, 0.3) is 11.3 Å². The normalized spacial score (nSPS) is 19.9. The zero-order valence-corrected chi connectivity index (χ0v) is 15.9. The Morgan fingerprint density at radius 2 is 2.04 bits per heavy atom. The number of fused-ring (bicyclic) bond motifs is 1. The second-order valence-corrected chi connectivity index (χ2v) is 7.93. The van der Waals surface area contributed by atoms with Gasteiger partial charge in [0.1, 0.15) is 5.69 Å². The lowest BCUT2D eigenvalue weighted by atomic mass is 10.0. The molecule has 140 valence electrons. The molecule has 27 heavy (non-hydrogen) atoms. The second kappa shape index (κ2) is 7.37. The van der Waals surface area contributed by atoms with Gasteiger partial charge in [0.2, 0.25) is 6.79 Å². The van der Waals surface area contributed by atoms with Crippen molar-refractivity contribution in [3.63, 3.8) is 0 Å². The molecule has 6 heteroatoms. The molecule has 2 aliphatic heterocycles. The highest BCUT2D eigenvalue weighted by atomic mass is 32.1. The Morgan fingerprint density at radius 1 is 1.07 bits per heavy atom. The summed E-state index contributed by atoms with van der Waals surface area (Å²) in [5.74, 6) is 2.33. The van der Waals surface area contributed by atoms with Gasteiger partial charge in [-0.05, 0) is 60.0 Å². The molecule has 0 radical (unpaired) electrons. The summed E-state index contributed by atoms with van der Waals surface area (Å²) in [6.07, 6.45) is 4.88. The molecule has 2 aliphatic rings. The number of nitrogens with zero attached hydrogens (tertiary/aromatic N) is 2. The molecule has 4 heterocycles. The molecule has 0 unspecified atom stereocenters. The molecule has 0 bridgehead atoms. The Hall–Kier alpha value is -2.31. The van der Waals surface area contributed by atoms with Crippen molar-refractivity contribution in [1.82, 2.24) is 10.1 Å². The first kappa shape index (κ1) is 16.8. The number of aromatic nitrogens is 1. The van der Waals surface area contributed by atoms with Crippen LogP contribution < -0.4 is 9.47 Å². The molecule has 0 saturated carbocycles. The van der Waals surface area contributed by atoms with E-state index in [0.717, 1.165) is 48.0 Å². The van der Waals surface area contributed by atoms with Crippen molar-refractivity contribution in [2.45, 2.75) is 38.3 Å². The van der Waals surface area contributed by atoms with Crippen LogP contribution in [-0.4, -0.2) is 23.4 Å². The van der Waals surface area contributed by atoms with E-state index in [2.05, 4.69) is 32.9 Å². The lowest BCUT2D eigenvalue weighted by molar-refractivity contribution is 0.174. The highest BCUT2D eigenvalue weighted by Crippen LogP contribution is 2.38. The predicted octanol–water partition coefficient (Wildman–Crippen LogP) is 5.25. The summed E-state index contributed by atoms with van der Waals surface area (Å²) < 4.78 is 16.6. The van der Waals surface area contributed by atoms with Gasteiger partial charge < -0.3 is 14.0 Å². The van der Waals surface area contributed by atoms with Crippen LogP contribution in [0.4, 0.5) is 0 Å². The van der Waals surface area contributed by atoms with Crippen LogP contribution in [0.15, 0.2) is 45.6 Å². The van der Waals surface area contributed by atoms with Crippen molar-refractivity contribution in [3.8, 4) is 22.8 Å². The van der Waals surface area contributed by atoms with Gasteiger partial charge in [-0.15, -0.1) is 0 Å². The molecule has 1 fully saturated rings. The lowest BCUT2D eigenvalue weighted by Gasteiger charge is -2.28. The molecule has 0 amide bonds. The van der Waals surface area contributed by atoms with Gasteiger partial charge in [0.15, 0.2) is 17.3 Å². The van der Waals surface area contributed by atoms with Gasteiger partial charge in [0.05, 0.1) is 6.04 Å². The molecule has 0 spiro atoms. The minimum absolute atomic E-state index is 0.278. The van der Waals surface area contributed by atoms with Gasteiger partial charge >= 0.3 is 0 Å². The van der Waals surface area contributed by atoms with Crippen LogP contribution >= 0.6 is 11.3 Å². The van der Waals surface area contributed by atoms with E-state index in [4.69, 9.17) is 14.0 Å². The average molecular weight is 382 g/mol. The molecule has 0 aliphatic carbocycles. The third kappa shape index (κ3) is 3.47. The van der Waals surface area contributed by atoms with Crippen molar-refractivity contribution in [2.75, 3.05) is 13.3 Å². The minimum Gasteiger partial charge on any atom is -0.454 e. The van der Waals surface area contributed by atoms with Gasteiger partial charge in [-0.25, -0.2) is 0 Å². The Kier molecular flexibility index (Phi) is 4.59. The number of rotatable bonds is 4. The predicted molar refractivity (Wildman–Crippen MR) is 104 cm³/mol. The molecule has 3 aromatic rings. The zero-order valence-electron chi connectivity index (χ0n) is 15.1. The Labute approximate surface area is 162 Å². The van der Waals surface area contributed by atoms with Crippen molar-refractivity contribution < 1.29 is 14.0 Å². The van der Waals surface area contributed by atoms with Crippen LogP contribution in [0, 0.1) is 0 Å². The van der Waals surface area contributed by atoms with Crippen molar-refractivity contribution in [2.24, 2.45) is 0 Å². The van der Waals surface area contributed by atoms with Crippen LogP contribution in [-0.2, 0) is 6.54 Å². The summed E-state index contributed by atoms with van der Waals surface area (Å²) >= 11 is 1.76. The summed E-state index contributed by atoms with van der Waals surface area (Å²) in [6.45, 7) is 2.35. The molecule has 0 N–H and O–H groups in total. The van der Waals surface area contributed by atoms with Crippen LogP contribution in [0.3, 0.4) is 0 Å². The quantitative estimate of drug-likeness (QED) is 0.617. The Morgan fingerprint density at radius 3 is 2.96 bits per heavy atom. The van der Waals surface area contributed by atoms with Gasteiger partial charge in [0.25, 0.3) is 0 Å². The van der Waals surface area contributed by atoms with E-state index in [1.54, 1.807) is 11.3 Å². The van der Waals surface area contributed by atoms with Gasteiger partial charge in [-0.3, -0.25) is 4.90 Å². The Bertz CT molecular complexity index is 906. The summed E-state index contributed by atoms with van der Waals surface area (Å²) in [4.78, 5) is 2.55. The minimum atomic E-state index is 0.278. The van der Waals surface area contributed by atoms with E-state index >= 15 is 0 Å². The number of thiophene rings is 1. The maximum atomic E-state index is 5.72. The van der Waals surface area contributed by atoms with Crippen molar-refractivity contribution >= 4 is 11.3 Å². The molecular formula is C21H22N2O3S. The molecular weight excluding hydrogens is 360 g/mol. The topological polar surface area (TPSA) is 47.7 Å². The fourth-order valence-electron chi connectivity index (χ4n) is 3.94. The standard InChI is InChI=1S/C21H22N2O3S/c1-2-4-18(23(8-3-1)12-15-7-9-27-13-15)17-11-20(26-22-17)16-5-6-19-21(10-16)25-14-24-19/h5-7,9-11,13,18H,1-4,8,12,14H2/t18-/m1/s1. The van der Waals surface area contributed by atoms with E-state index in [9.17, 15) is 0 Å². The van der Waals surface area contributed by atoms with Gasteiger partial charge in [-0.1, -0.05) is 18.0 Å². The molecule has 1 atom stereocenters. The average Bonchev–Trinajstić information content (AvgIpc) is 3.42. The number of hydrogen-bond acceptors (Lipinski definition) is 6. The maximum Gasteiger partial charge on any atom is 0.231 e. The largest absolute Gasteiger partial charge is 0.454 e. The third-order valence-electron chi connectivity index (χ3n) is 5.36. The van der Waals surface area contributed by atoms with Crippen molar-refractivity contribution in [3.05, 3.63) is 52.3 Å². The molecule has 1 saturated heterocycles. The molecule has 5 nitrogen and oxygen atoms in total. The third-order valence-corrected chi connectivity index (χ3v) is 6.09. The number of benzene rings is 1. The second-order valence-electron chi connectivity index (χ2n) is 7.15. The Balaban J connectivity index is 1.41. The molecule has 2 aromatic heterocycles. The molecule has 5 rings (SSSR count). The van der Waals surface area contributed by atoms with Crippen LogP contribution in [0.2, 0.25) is 0 Å². The number of ether oxygens (including phenoxy) is 2. The first-order valence-electron chi connectivity index (χ1n) is 9.48. The lowest BCUT2D eigenvalue weighted by Crippen LogP contribution is -2.28. The zero-order chi connectivity index (χ0) is 18.1. The summed E-state index contributed by atoms with van der Waals surface area (Å²) in [6, 6.07) is 10.5. The van der Waals surface area contributed by atoms with E-state index < -0.39 is 0 Å². The maximum absolute atomic E-state index is 5.72. The summed E-state index contributed by atoms with van der Waals surface area (Å²) in [7, 11) is 0. The fraction of sp³-hybridized carbons (Fsp3) is 0.381. The molecule has 1 aromatic carbocycles. The summed E-state index contributed by atoms with van der Waals surface area (Å²) in [5.41, 5.74) is 3.38. The van der Waals surface area contributed by atoms with E-state index in [1.807, 2.05) is 18.2 Å². The first-order chi connectivity index (χ1) is 13.4. The summed E-state index contributed by atoms with van der Waals surface area (Å²) in [5, 5.41) is 8.83. The van der Waals surface area contributed by atoms with E-state index in [0.29, 0.717) is 6.04 Å². The SMILES string of the molecule is c1cc(CN2CCCCC[C@@H]2c2cc(-c3ccc4c(c3)OCO4)on2)cs1. The highest BCUT2D eigenvalue weighted by Gasteiger charge is 2.26.